The average Bonchev–Trinajstić information content (AvgIpc) is 2.89. The van der Waals surface area contributed by atoms with Crippen molar-refractivity contribution < 1.29 is 9.47 Å². The van der Waals surface area contributed by atoms with Gasteiger partial charge in [-0.1, -0.05) is 12.1 Å². The molecule has 0 unspecified atom stereocenters. The van der Waals surface area contributed by atoms with E-state index in [0.29, 0.717) is 0 Å². The molecule has 2 aliphatic rings. The first-order chi connectivity index (χ1) is 8.93. The number of nitrogens with zero attached hydrogens (tertiary/aromatic N) is 1. The largest absolute Gasteiger partial charge is 0.492 e. The molecule has 4 heteroatoms. The van der Waals surface area contributed by atoms with Gasteiger partial charge in [0.05, 0.1) is 13.2 Å². The second-order valence-electron chi connectivity index (χ2n) is 4.80. The molecule has 0 saturated carbocycles. The molecule has 1 fully saturated rings. The van der Waals surface area contributed by atoms with E-state index in [1.807, 2.05) is 0 Å². The van der Waals surface area contributed by atoms with E-state index in [2.05, 4.69) is 28.4 Å². The smallest absolute Gasteiger partial charge is 0.124 e. The van der Waals surface area contributed by atoms with Gasteiger partial charge >= 0.3 is 0 Å². The van der Waals surface area contributed by atoms with Crippen LogP contribution in [0.2, 0.25) is 0 Å². The summed E-state index contributed by atoms with van der Waals surface area (Å²) in [6.45, 7) is 7.40. The van der Waals surface area contributed by atoms with E-state index in [4.69, 9.17) is 9.47 Å². The Morgan fingerprint density at radius 1 is 1.22 bits per heavy atom. The van der Waals surface area contributed by atoms with E-state index in [-0.39, 0.29) is 0 Å². The fourth-order valence-corrected chi connectivity index (χ4v) is 2.54. The van der Waals surface area contributed by atoms with Crippen molar-refractivity contribution in [3.8, 4) is 5.75 Å². The summed E-state index contributed by atoms with van der Waals surface area (Å²) >= 11 is 0. The fourth-order valence-electron chi connectivity index (χ4n) is 2.54. The highest BCUT2D eigenvalue weighted by molar-refractivity contribution is 5.42. The number of rotatable bonds is 4. The van der Waals surface area contributed by atoms with Crippen LogP contribution < -0.4 is 10.1 Å². The lowest BCUT2D eigenvalue weighted by Crippen LogP contribution is -2.38. The molecule has 1 saturated heterocycles. The molecule has 0 radical (unpaired) electrons. The number of hydrogen-bond donors (Lipinski definition) is 1. The van der Waals surface area contributed by atoms with Gasteiger partial charge in [-0.2, -0.15) is 0 Å². The molecule has 0 aliphatic carbocycles. The van der Waals surface area contributed by atoms with Gasteiger partial charge in [-0.05, 0) is 11.6 Å². The minimum Gasteiger partial charge on any atom is -0.492 e. The highest BCUT2D eigenvalue weighted by Crippen LogP contribution is 2.25. The lowest BCUT2D eigenvalue weighted by molar-refractivity contribution is 0.0322. The monoisotopic (exact) mass is 248 g/mol. The van der Waals surface area contributed by atoms with Crippen LogP contribution in [0.5, 0.6) is 5.75 Å². The highest BCUT2D eigenvalue weighted by atomic mass is 16.5. The van der Waals surface area contributed by atoms with Crippen LogP contribution in [0.3, 0.4) is 0 Å². The summed E-state index contributed by atoms with van der Waals surface area (Å²) < 4.78 is 11.3. The molecule has 0 bridgehead atoms. The van der Waals surface area contributed by atoms with E-state index >= 15 is 0 Å². The molecule has 1 N–H and O–H groups in total. The Bertz CT molecular complexity index is 403. The molecule has 4 nitrogen and oxygen atoms in total. The van der Waals surface area contributed by atoms with Crippen LogP contribution in [-0.2, 0) is 17.8 Å². The summed E-state index contributed by atoms with van der Waals surface area (Å²) in [6, 6.07) is 6.32. The van der Waals surface area contributed by atoms with Crippen molar-refractivity contribution in [3.05, 3.63) is 29.3 Å². The molecule has 0 aromatic heterocycles. The summed E-state index contributed by atoms with van der Waals surface area (Å²) in [5.74, 6) is 1.05. The summed E-state index contributed by atoms with van der Waals surface area (Å²) in [5, 5.41) is 3.36. The van der Waals surface area contributed by atoms with Crippen molar-refractivity contribution in [1.29, 1.82) is 0 Å². The zero-order chi connectivity index (χ0) is 12.2. The number of ether oxygens (including phenoxy) is 2. The minimum atomic E-state index is 0.760. The molecule has 0 amide bonds. The third kappa shape index (κ3) is 2.66. The lowest BCUT2D eigenvalue weighted by Gasteiger charge is -2.26. The number of hydrogen-bond acceptors (Lipinski definition) is 4. The SMILES string of the molecule is c1cc2c(c(OCCN3CCOCC3)c1)CNC2. The van der Waals surface area contributed by atoms with Gasteiger partial charge in [-0.15, -0.1) is 0 Å². The van der Waals surface area contributed by atoms with Crippen molar-refractivity contribution in [1.82, 2.24) is 10.2 Å². The summed E-state index contributed by atoms with van der Waals surface area (Å²) in [5.41, 5.74) is 2.71. The molecular formula is C14H20N2O2. The van der Waals surface area contributed by atoms with Gasteiger partial charge < -0.3 is 14.8 Å². The van der Waals surface area contributed by atoms with Crippen LogP contribution in [0.1, 0.15) is 11.1 Å². The third-order valence-electron chi connectivity index (χ3n) is 3.62. The molecule has 18 heavy (non-hydrogen) atoms. The van der Waals surface area contributed by atoms with Crippen LogP contribution in [0, 0.1) is 0 Å². The van der Waals surface area contributed by atoms with Gasteiger partial charge in [0, 0.05) is 38.3 Å². The number of fused-ring (bicyclic) bond motifs is 1. The van der Waals surface area contributed by atoms with Gasteiger partial charge in [0.1, 0.15) is 12.4 Å². The van der Waals surface area contributed by atoms with Gasteiger partial charge in [-0.3, -0.25) is 4.90 Å². The maximum Gasteiger partial charge on any atom is 0.124 e. The molecule has 2 aliphatic heterocycles. The minimum absolute atomic E-state index is 0.760. The average molecular weight is 248 g/mol. The van der Waals surface area contributed by atoms with E-state index in [9.17, 15) is 0 Å². The Hall–Kier alpha value is -1.10. The van der Waals surface area contributed by atoms with Gasteiger partial charge in [0.25, 0.3) is 0 Å². The summed E-state index contributed by atoms with van der Waals surface area (Å²) in [7, 11) is 0. The second kappa shape index (κ2) is 5.69. The molecule has 0 atom stereocenters. The van der Waals surface area contributed by atoms with Gasteiger partial charge in [0.2, 0.25) is 0 Å². The Morgan fingerprint density at radius 3 is 3.00 bits per heavy atom. The van der Waals surface area contributed by atoms with Crippen molar-refractivity contribution in [2.24, 2.45) is 0 Å². The third-order valence-corrected chi connectivity index (χ3v) is 3.62. The molecule has 1 aromatic carbocycles. The number of benzene rings is 1. The lowest BCUT2D eigenvalue weighted by atomic mass is 10.1. The molecule has 2 heterocycles. The van der Waals surface area contributed by atoms with E-state index in [1.165, 1.54) is 11.1 Å². The van der Waals surface area contributed by atoms with Crippen LogP contribution in [0.25, 0.3) is 0 Å². The topological polar surface area (TPSA) is 33.7 Å². The second-order valence-corrected chi connectivity index (χ2v) is 4.80. The van der Waals surface area contributed by atoms with Crippen molar-refractivity contribution in [2.75, 3.05) is 39.5 Å². The van der Waals surface area contributed by atoms with E-state index in [1.54, 1.807) is 0 Å². The van der Waals surface area contributed by atoms with E-state index < -0.39 is 0 Å². The molecular weight excluding hydrogens is 228 g/mol. The van der Waals surface area contributed by atoms with Crippen molar-refractivity contribution in [2.45, 2.75) is 13.1 Å². The van der Waals surface area contributed by atoms with E-state index in [0.717, 1.165) is 58.3 Å². The fraction of sp³-hybridized carbons (Fsp3) is 0.571. The van der Waals surface area contributed by atoms with Crippen molar-refractivity contribution in [3.63, 3.8) is 0 Å². The van der Waals surface area contributed by atoms with Gasteiger partial charge in [-0.25, -0.2) is 0 Å². The summed E-state index contributed by atoms with van der Waals surface area (Å²) in [4.78, 5) is 2.39. The van der Waals surface area contributed by atoms with Crippen LogP contribution >= 0.6 is 0 Å². The predicted octanol–water partition coefficient (Wildman–Crippen LogP) is 1.00. The standard InChI is InChI=1S/C14H20N2O2/c1-2-12-10-15-11-13(12)14(3-1)18-9-6-16-4-7-17-8-5-16/h1-3,15H,4-11H2. The predicted molar refractivity (Wildman–Crippen MR) is 69.7 cm³/mol. The molecule has 0 spiro atoms. The Balaban J connectivity index is 1.52. The Labute approximate surface area is 108 Å². The zero-order valence-corrected chi connectivity index (χ0v) is 10.7. The maximum absolute atomic E-state index is 5.93. The Kier molecular flexibility index (Phi) is 3.78. The quantitative estimate of drug-likeness (QED) is 0.862. The first kappa shape index (κ1) is 12.0. The van der Waals surface area contributed by atoms with Gasteiger partial charge in [0.15, 0.2) is 0 Å². The first-order valence-electron chi connectivity index (χ1n) is 6.68. The number of morpholine rings is 1. The zero-order valence-electron chi connectivity index (χ0n) is 10.7. The normalized spacial score (nSPS) is 19.8. The molecule has 1 aromatic rings. The first-order valence-corrected chi connectivity index (χ1v) is 6.68. The highest BCUT2D eigenvalue weighted by Gasteiger charge is 2.15. The molecule has 98 valence electrons. The van der Waals surface area contributed by atoms with Crippen LogP contribution in [0.15, 0.2) is 18.2 Å². The van der Waals surface area contributed by atoms with Crippen LogP contribution in [0.4, 0.5) is 0 Å². The number of nitrogens with one attached hydrogen (secondary N) is 1. The van der Waals surface area contributed by atoms with Crippen LogP contribution in [-0.4, -0.2) is 44.4 Å². The molecule has 3 rings (SSSR count). The maximum atomic E-state index is 5.93. The Morgan fingerprint density at radius 2 is 2.11 bits per heavy atom. The summed E-state index contributed by atoms with van der Waals surface area (Å²) in [6.07, 6.45) is 0. The van der Waals surface area contributed by atoms with Crippen molar-refractivity contribution >= 4 is 0 Å².